The molecule has 100 valence electrons. The van der Waals surface area contributed by atoms with E-state index >= 15 is 0 Å². The molecule has 0 saturated carbocycles. The Morgan fingerprint density at radius 1 is 1.39 bits per heavy atom. The van der Waals surface area contributed by atoms with E-state index in [1.165, 1.54) is 11.1 Å². The highest BCUT2D eigenvalue weighted by molar-refractivity contribution is 5.85. The van der Waals surface area contributed by atoms with Gasteiger partial charge in [-0.3, -0.25) is 4.79 Å². The summed E-state index contributed by atoms with van der Waals surface area (Å²) in [4.78, 5) is 11.9. The molecule has 1 heterocycles. The van der Waals surface area contributed by atoms with E-state index in [-0.39, 0.29) is 24.2 Å². The van der Waals surface area contributed by atoms with Gasteiger partial charge in [0, 0.05) is 13.1 Å². The van der Waals surface area contributed by atoms with Crippen LogP contribution in [0.3, 0.4) is 0 Å². The molecule has 0 aliphatic carbocycles. The number of carbonyl (C=O) groups is 1. The van der Waals surface area contributed by atoms with Gasteiger partial charge in [0.15, 0.2) is 0 Å². The Morgan fingerprint density at radius 2 is 2.11 bits per heavy atom. The molecule has 1 fully saturated rings. The summed E-state index contributed by atoms with van der Waals surface area (Å²) in [5, 5.41) is 6.25. The molecule has 4 heteroatoms. The molecule has 1 aliphatic heterocycles. The van der Waals surface area contributed by atoms with Crippen LogP contribution in [-0.2, 0) is 17.8 Å². The van der Waals surface area contributed by atoms with Crippen LogP contribution in [0.15, 0.2) is 24.3 Å². The second kappa shape index (κ2) is 7.39. The smallest absolute Gasteiger partial charge is 0.224 e. The highest BCUT2D eigenvalue weighted by atomic mass is 35.5. The van der Waals surface area contributed by atoms with Crippen molar-refractivity contribution in [1.29, 1.82) is 0 Å². The van der Waals surface area contributed by atoms with Crippen LogP contribution in [-0.4, -0.2) is 19.0 Å². The molecule has 2 N–H and O–H groups in total. The van der Waals surface area contributed by atoms with Gasteiger partial charge in [0.2, 0.25) is 5.91 Å². The molecule has 1 unspecified atom stereocenters. The van der Waals surface area contributed by atoms with Crippen LogP contribution in [0.2, 0.25) is 0 Å². The van der Waals surface area contributed by atoms with Crippen molar-refractivity contribution in [1.82, 2.24) is 10.6 Å². The minimum Gasteiger partial charge on any atom is -0.352 e. The Kier molecular flexibility index (Phi) is 6.16. The minimum atomic E-state index is 0. The van der Waals surface area contributed by atoms with Crippen molar-refractivity contribution in [3.8, 4) is 0 Å². The molecular weight excluding hydrogens is 248 g/mol. The van der Waals surface area contributed by atoms with Crippen molar-refractivity contribution in [2.75, 3.05) is 13.1 Å². The zero-order valence-corrected chi connectivity index (χ0v) is 11.6. The first-order chi connectivity index (χ1) is 8.31. The third-order valence-corrected chi connectivity index (χ3v) is 3.38. The molecule has 1 aromatic rings. The molecule has 1 saturated heterocycles. The third kappa shape index (κ3) is 3.72. The number of nitrogens with one attached hydrogen (secondary N) is 2. The van der Waals surface area contributed by atoms with Gasteiger partial charge in [-0.2, -0.15) is 0 Å². The molecule has 3 nitrogen and oxygen atoms in total. The Morgan fingerprint density at radius 3 is 2.72 bits per heavy atom. The molecule has 2 rings (SSSR count). The lowest BCUT2D eigenvalue weighted by Gasteiger charge is -2.12. The number of benzene rings is 1. The van der Waals surface area contributed by atoms with Crippen LogP contribution in [0, 0.1) is 5.92 Å². The van der Waals surface area contributed by atoms with E-state index in [1.54, 1.807) is 0 Å². The van der Waals surface area contributed by atoms with E-state index in [2.05, 4.69) is 29.7 Å². The zero-order valence-electron chi connectivity index (χ0n) is 10.7. The van der Waals surface area contributed by atoms with Gasteiger partial charge in [0.05, 0.1) is 5.92 Å². The summed E-state index contributed by atoms with van der Waals surface area (Å²) in [6.45, 7) is 4.58. The van der Waals surface area contributed by atoms with Gasteiger partial charge in [-0.15, -0.1) is 12.4 Å². The maximum atomic E-state index is 11.9. The fraction of sp³-hybridized carbons (Fsp3) is 0.500. The van der Waals surface area contributed by atoms with Crippen LogP contribution in [0.1, 0.15) is 24.5 Å². The molecular formula is C14H21ClN2O. The monoisotopic (exact) mass is 268 g/mol. The number of hydrogen-bond acceptors (Lipinski definition) is 2. The van der Waals surface area contributed by atoms with Gasteiger partial charge >= 0.3 is 0 Å². The first-order valence-corrected chi connectivity index (χ1v) is 6.36. The van der Waals surface area contributed by atoms with Crippen molar-refractivity contribution in [2.45, 2.75) is 26.3 Å². The average molecular weight is 269 g/mol. The molecule has 18 heavy (non-hydrogen) atoms. The molecule has 0 radical (unpaired) electrons. The second-order valence-electron chi connectivity index (χ2n) is 4.53. The van der Waals surface area contributed by atoms with Crippen molar-refractivity contribution in [3.05, 3.63) is 35.4 Å². The van der Waals surface area contributed by atoms with Crippen molar-refractivity contribution < 1.29 is 4.79 Å². The van der Waals surface area contributed by atoms with Gasteiger partial charge < -0.3 is 10.6 Å². The summed E-state index contributed by atoms with van der Waals surface area (Å²) < 4.78 is 0. The lowest BCUT2D eigenvalue weighted by atomic mass is 10.0. The predicted octanol–water partition coefficient (Wildman–Crippen LogP) is 1.90. The average Bonchev–Trinajstić information content (AvgIpc) is 2.90. The van der Waals surface area contributed by atoms with Gasteiger partial charge in [-0.1, -0.05) is 31.2 Å². The van der Waals surface area contributed by atoms with Crippen LogP contribution in [0.5, 0.6) is 0 Å². The van der Waals surface area contributed by atoms with Gasteiger partial charge in [0.25, 0.3) is 0 Å². The number of carbonyl (C=O) groups excluding carboxylic acids is 1. The summed E-state index contributed by atoms with van der Waals surface area (Å²) in [5.41, 5.74) is 2.55. The lowest BCUT2D eigenvalue weighted by molar-refractivity contribution is -0.124. The summed E-state index contributed by atoms with van der Waals surface area (Å²) in [5.74, 6) is 0.338. The van der Waals surface area contributed by atoms with E-state index in [9.17, 15) is 4.79 Å². The van der Waals surface area contributed by atoms with Crippen molar-refractivity contribution in [3.63, 3.8) is 0 Å². The summed E-state index contributed by atoms with van der Waals surface area (Å²) in [6.07, 6.45) is 1.97. The summed E-state index contributed by atoms with van der Waals surface area (Å²) in [6, 6.07) is 8.29. The second-order valence-corrected chi connectivity index (χ2v) is 4.53. The molecule has 1 aliphatic rings. The fourth-order valence-electron chi connectivity index (χ4n) is 2.28. The number of amides is 1. The van der Waals surface area contributed by atoms with Gasteiger partial charge in [-0.25, -0.2) is 0 Å². The van der Waals surface area contributed by atoms with E-state index in [0.29, 0.717) is 6.54 Å². The molecule has 0 spiro atoms. The Bertz CT molecular complexity index is 389. The normalized spacial score (nSPS) is 18.2. The van der Waals surface area contributed by atoms with Crippen LogP contribution in [0.4, 0.5) is 0 Å². The Labute approximate surface area is 115 Å². The van der Waals surface area contributed by atoms with Crippen molar-refractivity contribution >= 4 is 18.3 Å². The zero-order chi connectivity index (χ0) is 12.1. The van der Waals surface area contributed by atoms with Gasteiger partial charge in [-0.05, 0) is 30.5 Å². The van der Waals surface area contributed by atoms with Crippen LogP contribution in [0.25, 0.3) is 0 Å². The number of aryl methyl sites for hydroxylation is 1. The van der Waals surface area contributed by atoms with Crippen molar-refractivity contribution in [2.24, 2.45) is 5.92 Å². The van der Waals surface area contributed by atoms with E-state index in [0.717, 1.165) is 25.9 Å². The SMILES string of the molecule is CCc1ccccc1CNC(=O)C1CCNC1.Cl. The fourth-order valence-corrected chi connectivity index (χ4v) is 2.28. The summed E-state index contributed by atoms with van der Waals surface area (Å²) >= 11 is 0. The van der Waals surface area contributed by atoms with Crippen LogP contribution >= 0.6 is 12.4 Å². The molecule has 0 bridgehead atoms. The Balaban J connectivity index is 0.00000162. The third-order valence-electron chi connectivity index (χ3n) is 3.38. The maximum Gasteiger partial charge on any atom is 0.224 e. The maximum absolute atomic E-state index is 11.9. The van der Waals surface area contributed by atoms with E-state index < -0.39 is 0 Å². The number of rotatable bonds is 4. The predicted molar refractivity (Wildman–Crippen MR) is 75.9 cm³/mol. The minimum absolute atomic E-state index is 0. The number of hydrogen-bond donors (Lipinski definition) is 2. The highest BCUT2D eigenvalue weighted by Gasteiger charge is 2.21. The van der Waals surface area contributed by atoms with E-state index in [1.807, 2.05) is 12.1 Å². The topological polar surface area (TPSA) is 41.1 Å². The first-order valence-electron chi connectivity index (χ1n) is 6.36. The lowest BCUT2D eigenvalue weighted by Crippen LogP contribution is -2.31. The highest BCUT2D eigenvalue weighted by Crippen LogP contribution is 2.11. The summed E-state index contributed by atoms with van der Waals surface area (Å²) in [7, 11) is 0. The largest absolute Gasteiger partial charge is 0.352 e. The molecule has 1 amide bonds. The van der Waals surface area contributed by atoms with Crippen LogP contribution < -0.4 is 10.6 Å². The van der Waals surface area contributed by atoms with Gasteiger partial charge in [0.1, 0.15) is 0 Å². The molecule has 1 atom stereocenters. The molecule has 1 aromatic carbocycles. The quantitative estimate of drug-likeness (QED) is 0.876. The number of halogens is 1. The molecule has 0 aromatic heterocycles. The first kappa shape index (κ1) is 15.0. The Hall–Kier alpha value is -1.06. The standard InChI is InChI=1S/C14H20N2O.ClH/c1-2-11-5-3-4-6-12(11)10-16-14(17)13-7-8-15-9-13;/h3-6,13,15H,2,7-10H2,1H3,(H,16,17);1H. The van der Waals surface area contributed by atoms with E-state index in [4.69, 9.17) is 0 Å².